The van der Waals surface area contributed by atoms with Crippen molar-refractivity contribution in [3.05, 3.63) is 65.2 Å². The number of likely N-dealkylation sites (tertiary alicyclic amines) is 1. The van der Waals surface area contributed by atoms with Crippen LogP contribution in [0.2, 0.25) is 5.02 Å². The average molecular weight is 426 g/mol. The molecular formula is C23H28ClN5O. The molecule has 2 aliphatic heterocycles. The van der Waals surface area contributed by atoms with Crippen LogP contribution in [0, 0.1) is 5.92 Å². The maximum atomic E-state index is 12.3. The summed E-state index contributed by atoms with van der Waals surface area (Å²) < 4.78 is 0. The summed E-state index contributed by atoms with van der Waals surface area (Å²) in [6.07, 6.45) is 0.511. The average Bonchev–Trinajstić information content (AvgIpc) is 3.06. The van der Waals surface area contributed by atoms with Gasteiger partial charge in [-0.2, -0.15) is 0 Å². The second kappa shape index (κ2) is 8.96. The van der Waals surface area contributed by atoms with E-state index in [-0.39, 0.29) is 17.9 Å². The number of carbonyl (C=O) groups excluding carboxylic acids is 1. The SMILES string of the molecule is CN1C(=O)CC(CN=C(N)N2CCN(c3ccc(Cl)cc3)CC2)C1c1ccccc1. The molecule has 7 heteroatoms. The molecule has 2 aromatic carbocycles. The topological polar surface area (TPSA) is 65.2 Å². The highest BCUT2D eigenvalue weighted by molar-refractivity contribution is 6.30. The van der Waals surface area contributed by atoms with E-state index in [0.717, 1.165) is 36.8 Å². The van der Waals surface area contributed by atoms with Gasteiger partial charge in [-0.3, -0.25) is 9.79 Å². The van der Waals surface area contributed by atoms with Crippen LogP contribution < -0.4 is 10.6 Å². The zero-order valence-corrected chi connectivity index (χ0v) is 18.0. The largest absolute Gasteiger partial charge is 0.370 e. The number of hydrogen-bond donors (Lipinski definition) is 1. The Morgan fingerprint density at radius 3 is 2.40 bits per heavy atom. The van der Waals surface area contributed by atoms with E-state index in [9.17, 15) is 4.79 Å². The number of benzene rings is 2. The van der Waals surface area contributed by atoms with Gasteiger partial charge in [-0.1, -0.05) is 41.9 Å². The van der Waals surface area contributed by atoms with Crippen molar-refractivity contribution in [3.8, 4) is 0 Å². The lowest BCUT2D eigenvalue weighted by Crippen LogP contribution is -2.51. The fourth-order valence-electron chi connectivity index (χ4n) is 4.42. The van der Waals surface area contributed by atoms with Gasteiger partial charge in [0, 0.05) is 62.8 Å². The first-order valence-corrected chi connectivity index (χ1v) is 10.8. The number of aliphatic imine (C=N–C) groups is 1. The number of halogens is 1. The van der Waals surface area contributed by atoms with Crippen molar-refractivity contribution in [3.63, 3.8) is 0 Å². The zero-order chi connectivity index (χ0) is 21.1. The first-order chi connectivity index (χ1) is 14.5. The van der Waals surface area contributed by atoms with E-state index >= 15 is 0 Å². The minimum Gasteiger partial charge on any atom is -0.370 e. The summed E-state index contributed by atoms with van der Waals surface area (Å²) in [6.45, 7) is 3.97. The van der Waals surface area contributed by atoms with Crippen LogP contribution in [-0.2, 0) is 4.79 Å². The number of amides is 1. The summed E-state index contributed by atoms with van der Waals surface area (Å²) in [5, 5.41) is 0.749. The number of carbonyl (C=O) groups is 1. The molecule has 2 N–H and O–H groups in total. The maximum Gasteiger partial charge on any atom is 0.223 e. The molecule has 2 aromatic rings. The Labute approximate surface area is 182 Å². The number of guanidine groups is 1. The van der Waals surface area contributed by atoms with Gasteiger partial charge in [0.15, 0.2) is 5.96 Å². The van der Waals surface area contributed by atoms with Crippen molar-refractivity contribution < 1.29 is 4.79 Å². The van der Waals surface area contributed by atoms with E-state index in [2.05, 4.69) is 26.9 Å². The number of nitrogens with zero attached hydrogens (tertiary/aromatic N) is 4. The van der Waals surface area contributed by atoms with Crippen LogP contribution >= 0.6 is 11.6 Å². The standard InChI is InChI=1S/C23H28ClN5O/c1-27-21(30)15-18(22(27)17-5-3-2-4-6-17)16-26-23(25)29-13-11-28(12-14-29)20-9-7-19(24)8-10-20/h2-10,18,22H,11-16H2,1H3,(H2,25,26). The highest BCUT2D eigenvalue weighted by atomic mass is 35.5. The van der Waals surface area contributed by atoms with Crippen molar-refractivity contribution in [2.45, 2.75) is 12.5 Å². The Hall–Kier alpha value is -2.73. The number of anilines is 1. The number of rotatable bonds is 4. The van der Waals surface area contributed by atoms with Crippen molar-refractivity contribution in [2.75, 3.05) is 44.7 Å². The Morgan fingerprint density at radius 2 is 1.73 bits per heavy atom. The number of nitrogens with two attached hydrogens (primary N) is 1. The molecule has 2 heterocycles. The smallest absolute Gasteiger partial charge is 0.223 e. The summed E-state index contributed by atoms with van der Waals surface area (Å²) in [4.78, 5) is 23.3. The van der Waals surface area contributed by atoms with Gasteiger partial charge >= 0.3 is 0 Å². The molecule has 0 aliphatic carbocycles. The van der Waals surface area contributed by atoms with Gasteiger partial charge in [-0.05, 0) is 29.8 Å². The van der Waals surface area contributed by atoms with Crippen molar-refractivity contribution in [1.82, 2.24) is 9.80 Å². The second-order valence-corrected chi connectivity index (χ2v) is 8.41. The van der Waals surface area contributed by atoms with E-state index in [1.54, 1.807) is 0 Å². The molecule has 4 rings (SSSR count). The molecule has 1 amide bonds. The van der Waals surface area contributed by atoms with Crippen LogP contribution in [0.1, 0.15) is 18.0 Å². The molecule has 6 nitrogen and oxygen atoms in total. The number of hydrogen-bond acceptors (Lipinski definition) is 3. The molecule has 0 bridgehead atoms. The zero-order valence-electron chi connectivity index (χ0n) is 17.2. The number of piperazine rings is 1. The van der Waals surface area contributed by atoms with E-state index < -0.39 is 0 Å². The van der Waals surface area contributed by atoms with Crippen LogP contribution in [0.4, 0.5) is 5.69 Å². The molecule has 0 radical (unpaired) electrons. The predicted molar refractivity (Wildman–Crippen MR) is 122 cm³/mol. The van der Waals surface area contributed by atoms with E-state index in [1.165, 1.54) is 5.69 Å². The van der Waals surface area contributed by atoms with Crippen molar-refractivity contribution >= 4 is 29.2 Å². The van der Waals surface area contributed by atoms with Gasteiger partial charge in [-0.15, -0.1) is 0 Å². The Balaban J connectivity index is 1.37. The summed E-state index contributed by atoms with van der Waals surface area (Å²) in [5.41, 5.74) is 8.65. The van der Waals surface area contributed by atoms with E-state index in [0.29, 0.717) is 18.9 Å². The lowest BCUT2D eigenvalue weighted by molar-refractivity contribution is -0.127. The lowest BCUT2D eigenvalue weighted by atomic mass is 9.94. The Bertz CT molecular complexity index is 894. The van der Waals surface area contributed by atoms with Gasteiger partial charge in [0.25, 0.3) is 0 Å². The van der Waals surface area contributed by atoms with E-state index in [4.69, 9.17) is 17.3 Å². The molecule has 30 heavy (non-hydrogen) atoms. The molecule has 0 spiro atoms. The lowest BCUT2D eigenvalue weighted by Gasteiger charge is -2.36. The second-order valence-electron chi connectivity index (χ2n) is 7.97. The van der Waals surface area contributed by atoms with Gasteiger partial charge in [0.2, 0.25) is 5.91 Å². The minimum absolute atomic E-state index is 0.0528. The van der Waals surface area contributed by atoms with Gasteiger partial charge < -0.3 is 20.4 Å². The van der Waals surface area contributed by atoms with Crippen LogP contribution in [-0.4, -0.2) is 61.4 Å². The summed E-state index contributed by atoms with van der Waals surface area (Å²) >= 11 is 5.99. The maximum absolute atomic E-state index is 12.3. The van der Waals surface area contributed by atoms with Gasteiger partial charge in [-0.25, -0.2) is 0 Å². The quantitative estimate of drug-likeness (QED) is 0.604. The van der Waals surface area contributed by atoms with E-state index in [1.807, 2.05) is 54.4 Å². The third kappa shape index (κ3) is 4.38. The predicted octanol–water partition coefficient (Wildman–Crippen LogP) is 3.00. The monoisotopic (exact) mass is 425 g/mol. The fraction of sp³-hybridized carbons (Fsp3) is 0.391. The molecule has 2 unspecified atom stereocenters. The van der Waals surface area contributed by atoms with Crippen molar-refractivity contribution in [2.24, 2.45) is 16.6 Å². The third-order valence-corrected chi connectivity index (χ3v) is 6.37. The first-order valence-electron chi connectivity index (χ1n) is 10.4. The summed E-state index contributed by atoms with van der Waals surface area (Å²) in [7, 11) is 1.88. The molecule has 2 fully saturated rings. The Kier molecular flexibility index (Phi) is 6.13. The molecule has 2 aliphatic rings. The van der Waals surface area contributed by atoms with Crippen LogP contribution in [0.25, 0.3) is 0 Å². The molecule has 158 valence electrons. The molecule has 0 aromatic heterocycles. The van der Waals surface area contributed by atoms with Crippen LogP contribution in [0.5, 0.6) is 0 Å². The molecule has 2 atom stereocenters. The van der Waals surface area contributed by atoms with Crippen LogP contribution in [0.3, 0.4) is 0 Å². The van der Waals surface area contributed by atoms with Crippen molar-refractivity contribution in [1.29, 1.82) is 0 Å². The van der Waals surface area contributed by atoms with Gasteiger partial charge in [0.1, 0.15) is 0 Å². The third-order valence-electron chi connectivity index (χ3n) is 6.12. The molecular weight excluding hydrogens is 398 g/mol. The minimum atomic E-state index is 0.0528. The van der Waals surface area contributed by atoms with Crippen LogP contribution in [0.15, 0.2) is 59.6 Å². The molecule has 2 saturated heterocycles. The fourth-order valence-corrected chi connectivity index (χ4v) is 4.54. The first kappa shape index (κ1) is 20.5. The summed E-state index contributed by atoms with van der Waals surface area (Å²) in [5.74, 6) is 0.873. The normalized spacial score (nSPS) is 22.7. The highest BCUT2D eigenvalue weighted by Gasteiger charge is 2.38. The Morgan fingerprint density at radius 1 is 1.07 bits per heavy atom. The summed E-state index contributed by atoms with van der Waals surface area (Å²) in [6, 6.07) is 18.2. The van der Waals surface area contributed by atoms with Gasteiger partial charge in [0.05, 0.1) is 6.04 Å². The highest BCUT2D eigenvalue weighted by Crippen LogP contribution is 2.37. The molecule has 0 saturated carbocycles.